The number of unbranched alkanes of at least 4 members (excludes halogenated alkanes) is 6. The van der Waals surface area contributed by atoms with E-state index in [1.54, 1.807) is 0 Å². The smallest absolute Gasteiger partial charge is 0.309 e. The molecular formula is C12H26N2O. The van der Waals surface area contributed by atoms with Crippen LogP contribution in [0.25, 0.3) is 0 Å². The zero-order valence-electron chi connectivity index (χ0n) is 10.2. The van der Waals surface area contributed by atoms with Crippen LogP contribution < -0.4 is 11.5 Å². The minimum absolute atomic E-state index is 0.833. The van der Waals surface area contributed by atoms with Crippen molar-refractivity contribution in [3.8, 4) is 0 Å². The maximum Gasteiger partial charge on any atom is 0.309 e. The van der Waals surface area contributed by atoms with E-state index in [1.807, 2.05) is 0 Å². The molecule has 0 radical (unpaired) electrons. The lowest BCUT2D eigenvalue weighted by Gasteiger charge is -1.96. The van der Waals surface area contributed by atoms with E-state index in [-0.39, 0.29) is 0 Å². The predicted octanol–water partition coefficient (Wildman–Crippen LogP) is 3.34. The fourth-order valence-electron chi connectivity index (χ4n) is 1.21. The highest BCUT2D eigenvalue weighted by Crippen LogP contribution is 2.06. The molecule has 0 saturated heterocycles. The number of allylic oxidation sites excluding steroid dienone is 2. The SMILES string of the molecule is CC=CCCCCCCCC.NC(N)=O. The molecule has 3 heteroatoms. The van der Waals surface area contributed by atoms with Gasteiger partial charge in [-0.2, -0.15) is 0 Å². The van der Waals surface area contributed by atoms with Gasteiger partial charge in [0.2, 0.25) is 0 Å². The molecule has 4 N–H and O–H groups in total. The number of carbonyl (C=O) groups excluding carboxylic acids is 1. The lowest BCUT2D eigenvalue weighted by molar-refractivity contribution is 0.256. The van der Waals surface area contributed by atoms with E-state index in [0.717, 1.165) is 0 Å². The highest BCUT2D eigenvalue weighted by molar-refractivity contribution is 5.69. The molecule has 0 spiro atoms. The number of carbonyl (C=O) groups is 1. The first-order chi connectivity index (χ1) is 7.15. The van der Waals surface area contributed by atoms with Gasteiger partial charge in [0, 0.05) is 0 Å². The first-order valence-corrected chi connectivity index (χ1v) is 5.81. The second-order valence-corrected chi connectivity index (χ2v) is 3.53. The molecule has 0 unspecified atom stereocenters. The molecule has 0 heterocycles. The first-order valence-electron chi connectivity index (χ1n) is 5.81. The monoisotopic (exact) mass is 214 g/mol. The molecule has 0 aromatic carbocycles. The Bertz CT molecular complexity index is 152. The van der Waals surface area contributed by atoms with Crippen LogP contribution in [-0.2, 0) is 0 Å². The van der Waals surface area contributed by atoms with Crippen LogP contribution in [0.3, 0.4) is 0 Å². The van der Waals surface area contributed by atoms with Gasteiger partial charge >= 0.3 is 6.03 Å². The molecule has 0 aliphatic carbocycles. The summed E-state index contributed by atoms with van der Waals surface area (Å²) in [5, 5.41) is 0. The lowest BCUT2D eigenvalue weighted by Crippen LogP contribution is -2.18. The molecular weight excluding hydrogens is 188 g/mol. The van der Waals surface area contributed by atoms with Crippen LogP contribution in [-0.4, -0.2) is 6.03 Å². The summed E-state index contributed by atoms with van der Waals surface area (Å²) in [5.41, 5.74) is 8.50. The number of amides is 2. The molecule has 90 valence electrons. The van der Waals surface area contributed by atoms with E-state index < -0.39 is 6.03 Å². The molecule has 15 heavy (non-hydrogen) atoms. The predicted molar refractivity (Wildman–Crippen MR) is 66.6 cm³/mol. The van der Waals surface area contributed by atoms with E-state index in [2.05, 4.69) is 37.5 Å². The number of nitrogens with two attached hydrogens (primary N) is 2. The molecule has 0 aromatic heterocycles. The third-order valence-electron chi connectivity index (χ3n) is 1.96. The Morgan fingerprint density at radius 1 is 1.07 bits per heavy atom. The van der Waals surface area contributed by atoms with Crippen LogP contribution in [0.5, 0.6) is 0 Å². The van der Waals surface area contributed by atoms with Gasteiger partial charge < -0.3 is 11.5 Å². The second kappa shape index (κ2) is 15.5. The fraction of sp³-hybridized carbons (Fsp3) is 0.750. The summed E-state index contributed by atoms with van der Waals surface area (Å²) in [6, 6.07) is -0.833. The molecule has 0 aliphatic heterocycles. The van der Waals surface area contributed by atoms with Gasteiger partial charge in [-0.25, -0.2) is 4.79 Å². The summed E-state index contributed by atoms with van der Waals surface area (Å²) in [5.74, 6) is 0. The highest BCUT2D eigenvalue weighted by Gasteiger charge is 1.86. The van der Waals surface area contributed by atoms with Crippen molar-refractivity contribution >= 4 is 6.03 Å². The lowest BCUT2D eigenvalue weighted by atomic mass is 10.1. The standard InChI is InChI=1S/C11H22.CH4N2O/c1-3-5-7-9-11-10-8-6-4-2;2-1(3)4/h3,5H,4,6-11H2,1-2H3;(H4,2,3,4). The normalized spacial score (nSPS) is 9.73. The van der Waals surface area contributed by atoms with Crippen LogP contribution in [0, 0.1) is 0 Å². The largest absolute Gasteiger partial charge is 0.352 e. The maximum absolute atomic E-state index is 9.00. The van der Waals surface area contributed by atoms with Gasteiger partial charge in [-0.1, -0.05) is 51.2 Å². The van der Waals surface area contributed by atoms with E-state index >= 15 is 0 Å². The summed E-state index contributed by atoms with van der Waals surface area (Å²) in [6.45, 7) is 4.36. The van der Waals surface area contributed by atoms with Gasteiger partial charge in [0.25, 0.3) is 0 Å². The van der Waals surface area contributed by atoms with Crippen molar-refractivity contribution in [2.24, 2.45) is 11.5 Å². The Morgan fingerprint density at radius 3 is 2.00 bits per heavy atom. The van der Waals surface area contributed by atoms with E-state index in [9.17, 15) is 0 Å². The zero-order chi connectivity index (χ0) is 11.9. The van der Waals surface area contributed by atoms with E-state index in [1.165, 1.54) is 44.9 Å². The van der Waals surface area contributed by atoms with Crippen molar-refractivity contribution < 1.29 is 4.79 Å². The third kappa shape index (κ3) is 32.1. The van der Waals surface area contributed by atoms with Crippen molar-refractivity contribution in [1.29, 1.82) is 0 Å². The summed E-state index contributed by atoms with van der Waals surface area (Å²) in [6.07, 6.45) is 14.1. The van der Waals surface area contributed by atoms with Gasteiger partial charge in [0.1, 0.15) is 0 Å². The van der Waals surface area contributed by atoms with Crippen LogP contribution in [0.15, 0.2) is 12.2 Å². The van der Waals surface area contributed by atoms with Crippen molar-refractivity contribution in [2.45, 2.75) is 58.8 Å². The van der Waals surface area contributed by atoms with Gasteiger partial charge in [-0.15, -0.1) is 0 Å². The molecule has 0 fully saturated rings. The van der Waals surface area contributed by atoms with Crippen molar-refractivity contribution in [3.63, 3.8) is 0 Å². The number of hydrogen-bond donors (Lipinski definition) is 2. The Hall–Kier alpha value is -0.990. The topological polar surface area (TPSA) is 69.1 Å². The molecule has 0 aromatic rings. The summed E-state index contributed by atoms with van der Waals surface area (Å²) < 4.78 is 0. The molecule has 0 bridgehead atoms. The molecule has 3 nitrogen and oxygen atoms in total. The van der Waals surface area contributed by atoms with Crippen LogP contribution >= 0.6 is 0 Å². The van der Waals surface area contributed by atoms with Gasteiger partial charge in [0.05, 0.1) is 0 Å². The van der Waals surface area contributed by atoms with E-state index in [4.69, 9.17) is 4.79 Å². The van der Waals surface area contributed by atoms with Gasteiger partial charge in [-0.3, -0.25) is 0 Å². The Kier molecular flexibility index (Phi) is 17.0. The number of rotatable bonds is 7. The number of hydrogen-bond acceptors (Lipinski definition) is 1. The van der Waals surface area contributed by atoms with Crippen LogP contribution in [0.2, 0.25) is 0 Å². The average Bonchev–Trinajstić information content (AvgIpc) is 2.16. The Labute approximate surface area is 93.9 Å². The molecule has 2 amide bonds. The third-order valence-corrected chi connectivity index (χ3v) is 1.96. The molecule has 0 saturated carbocycles. The minimum atomic E-state index is -0.833. The number of urea groups is 1. The first kappa shape index (κ1) is 16.4. The fourth-order valence-corrected chi connectivity index (χ4v) is 1.21. The van der Waals surface area contributed by atoms with Crippen LogP contribution in [0.1, 0.15) is 58.8 Å². The van der Waals surface area contributed by atoms with Crippen LogP contribution in [0.4, 0.5) is 4.79 Å². The van der Waals surface area contributed by atoms with E-state index in [0.29, 0.717) is 0 Å². The molecule has 0 rings (SSSR count). The zero-order valence-corrected chi connectivity index (χ0v) is 10.2. The molecule has 0 aliphatic rings. The quantitative estimate of drug-likeness (QED) is 0.495. The highest BCUT2D eigenvalue weighted by atomic mass is 16.2. The molecule has 0 atom stereocenters. The summed E-state index contributed by atoms with van der Waals surface area (Å²) >= 11 is 0. The minimum Gasteiger partial charge on any atom is -0.352 e. The maximum atomic E-state index is 9.00. The number of primary amides is 2. The average molecular weight is 214 g/mol. The second-order valence-electron chi connectivity index (χ2n) is 3.53. The van der Waals surface area contributed by atoms with Crippen molar-refractivity contribution in [2.75, 3.05) is 0 Å². The summed E-state index contributed by atoms with van der Waals surface area (Å²) in [7, 11) is 0. The van der Waals surface area contributed by atoms with Gasteiger partial charge in [0.15, 0.2) is 0 Å². The Balaban J connectivity index is 0. The van der Waals surface area contributed by atoms with Gasteiger partial charge in [-0.05, 0) is 19.8 Å². The van der Waals surface area contributed by atoms with Crippen molar-refractivity contribution in [1.82, 2.24) is 0 Å². The Morgan fingerprint density at radius 2 is 1.53 bits per heavy atom. The van der Waals surface area contributed by atoms with Crippen molar-refractivity contribution in [3.05, 3.63) is 12.2 Å². The summed E-state index contributed by atoms with van der Waals surface area (Å²) in [4.78, 5) is 9.00.